The molecule has 0 aliphatic carbocycles. The van der Waals surface area contributed by atoms with E-state index in [-0.39, 0.29) is 10.8 Å². The minimum atomic E-state index is -1.59. The lowest BCUT2D eigenvalue weighted by atomic mass is 10.1. The van der Waals surface area contributed by atoms with Crippen molar-refractivity contribution in [1.82, 2.24) is 4.57 Å². The predicted octanol–water partition coefficient (Wildman–Crippen LogP) is 3.25. The van der Waals surface area contributed by atoms with Crippen molar-refractivity contribution in [3.8, 4) is 5.69 Å². The summed E-state index contributed by atoms with van der Waals surface area (Å²) in [6, 6.07) is 4.36. The lowest BCUT2D eigenvalue weighted by Crippen LogP contribution is -2.25. The minimum Gasteiger partial charge on any atom is -0.477 e. The fourth-order valence-corrected chi connectivity index (χ4v) is 2.37. The van der Waals surface area contributed by atoms with Crippen LogP contribution in [0.15, 0.2) is 41.2 Å². The summed E-state index contributed by atoms with van der Waals surface area (Å²) in [7, 11) is 0. The van der Waals surface area contributed by atoms with Crippen LogP contribution in [0.5, 0.6) is 0 Å². The molecule has 0 amide bonds. The summed E-state index contributed by atoms with van der Waals surface area (Å²) in [5, 5.41) is 8.75. The molecule has 0 bridgehead atoms. The molecule has 24 heavy (non-hydrogen) atoms. The smallest absolute Gasteiger partial charge is 0.353 e. The Morgan fingerprint density at radius 1 is 0.917 bits per heavy atom. The first kappa shape index (κ1) is 15.7. The SMILES string of the molecule is O=C(O)c1cc2cc(F)c(F)cc2c(=O)n1-c1ccc(F)cc1F. The van der Waals surface area contributed by atoms with Gasteiger partial charge in [-0.25, -0.2) is 22.4 Å². The van der Waals surface area contributed by atoms with E-state index in [4.69, 9.17) is 0 Å². The molecular formula is C16H7F4NO3. The highest BCUT2D eigenvalue weighted by Gasteiger charge is 2.20. The molecule has 3 aromatic rings. The van der Waals surface area contributed by atoms with Gasteiger partial charge in [0.1, 0.15) is 17.3 Å². The summed E-state index contributed by atoms with van der Waals surface area (Å²) in [5.74, 6) is -6.27. The van der Waals surface area contributed by atoms with Crippen molar-refractivity contribution in [3.63, 3.8) is 0 Å². The van der Waals surface area contributed by atoms with Crippen LogP contribution < -0.4 is 5.56 Å². The number of nitrogens with zero attached hydrogens (tertiary/aromatic N) is 1. The van der Waals surface area contributed by atoms with E-state index in [0.29, 0.717) is 22.8 Å². The lowest BCUT2D eigenvalue weighted by Gasteiger charge is -2.13. The first-order valence-corrected chi connectivity index (χ1v) is 6.53. The number of halogens is 4. The first-order valence-electron chi connectivity index (χ1n) is 6.53. The molecule has 1 heterocycles. The summed E-state index contributed by atoms with van der Waals surface area (Å²) >= 11 is 0. The average molecular weight is 337 g/mol. The molecule has 122 valence electrons. The van der Waals surface area contributed by atoms with Gasteiger partial charge in [-0.2, -0.15) is 0 Å². The van der Waals surface area contributed by atoms with Gasteiger partial charge in [0, 0.05) is 6.07 Å². The third-order valence-corrected chi connectivity index (χ3v) is 3.43. The van der Waals surface area contributed by atoms with Crippen LogP contribution in [0, 0.1) is 23.3 Å². The molecule has 0 spiro atoms. The van der Waals surface area contributed by atoms with Crippen molar-refractivity contribution in [2.75, 3.05) is 0 Å². The molecule has 0 aliphatic rings. The zero-order valence-electron chi connectivity index (χ0n) is 11.7. The molecule has 8 heteroatoms. The summed E-state index contributed by atoms with van der Waals surface area (Å²) in [6.07, 6.45) is 0. The molecule has 2 aromatic carbocycles. The molecule has 1 aromatic heterocycles. The van der Waals surface area contributed by atoms with Gasteiger partial charge in [0.25, 0.3) is 5.56 Å². The Kier molecular flexibility index (Phi) is 3.59. The Morgan fingerprint density at radius 3 is 2.21 bits per heavy atom. The van der Waals surface area contributed by atoms with E-state index in [2.05, 4.69) is 0 Å². The fourth-order valence-electron chi connectivity index (χ4n) is 2.37. The average Bonchev–Trinajstić information content (AvgIpc) is 2.50. The van der Waals surface area contributed by atoms with Crippen molar-refractivity contribution >= 4 is 16.7 Å². The van der Waals surface area contributed by atoms with E-state index in [1.165, 1.54) is 0 Å². The number of rotatable bonds is 2. The Labute approximate surface area is 131 Å². The quantitative estimate of drug-likeness (QED) is 0.731. The number of carbonyl (C=O) groups is 1. The Morgan fingerprint density at radius 2 is 1.58 bits per heavy atom. The monoisotopic (exact) mass is 337 g/mol. The highest BCUT2D eigenvalue weighted by molar-refractivity contribution is 5.93. The second-order valence-corrected chi connectivity index (χ2v) is 4.92. The van der Waals surface area contributed by atoms with E-state index in [1.807, 2.05) is 0 Å². The largest absolute Gasteiger partial charge is 0.477 e. The molecule has 1 N–H and O–H groups in total. The van der Waals surface area contributed by atoms with Gasteiger partial charge in [0.2, 0.25) is 0 Å². The summed E-state index contributed by atoms with van der Waals surface area (Å²) in [4.78, 5) is 23.9. The third kappa shape index (κ3) is 2.41. The number of aromatic nitrogens is 1. The van der Waals surface area contributed by atoms with Gasteiger partial charge in [0.05, 0.1) is 11.1 Å². The second-order valence-electron chi connectivity index (χ2n) is 4.92. The van der Waals surface area contributed by atoms with E-state index in [1.54, 1.807) is 0 Å². The number of fused-ring (bicyclic) bond motifs is 1. The van der Waals surface area contributed by atoms with Crippen LogP contribution in [0.2, 0.25) is 0 Å². The highest BCUT2D eigenvalue weighted by Crippen LogP contribution is 2.21. The number of pyridine rings is 1. The molecule has 0 fully saturated rings. The van der Waals surface area contributed by atoms with Gasteiger partial charge in [-0.1, -0.05) is 0 Å². The number of carboxylic acids is 1. The standard InChI is InChI=1S/C16H7F4NO3/c17-8-1-2-13(12(20)5-8)21-14(16(23)24)4-7-3-10(18)11(19)6-9(7)15(21)22/h1-6H,(H,23,24). The second kappa shape index (κ2) is 5.48. The Bertz CT molecular complexity index is 1060. The molecule has 0 radical (unpaired) electrons. The predicted molar refractivity (Wildman–Crippen MR) is 76.3 cm³/mol. The summed E-state index contributed by atoms with van der Waals surface area (Å²) in [6.45, 7) is 0. The van der Waals surface area contributed by atoms with Gasteiger partial charge in [-0.15, -0.1) is 0 Å². The fraction of sp³-hybridized carbons (Fsp3) is 0. The van der Waals surface area contributed by atoms with Crippen molar-refractivity contribution in [1.29, 1.82) is 0 Å². The van der Waals surface area contributed by atoms with Crippen LogP contribution in [0.3, 0.4) is 0 Å². The van der Waals surface area contributed by atoms with Crippen LogP contribution in [-0.2, 0) is 0 Å². The number of hydrogen-bond acceptors (Lipinski definition) is 2. The number of aromatic carboxylic acids is 1. The van der Waals surface area contributed by atoms with Crippen LogP contribution in [-0.4, -0.2) is 15.6 Å². The minimum absolute atomic E-state index is 0.157. The number of hydrogen-bond donors (Lipinski definition) is 1. The van der Waals surface area contributed by atoms with Crippen LogP contribution in [0.25, 0.3) is 16.5 Å². The maximum Gasteiger partial charge on any atom is 0.353 e. The van der Waals surface area contributed by atoms with E-state index in [0.717, 1.165) is 18.2 Å². The Hall–Kier alpha value is -3.16. The topological polar surface area (TPSA) is 59.3 Å². The van der Waals surface area contributed by atoms with E-state index < -0.39 is 46.2 Å². The highest BCUT2D eigenvalue weighted by atomic mass is 19.2. The molecule has 3 rings (SSSR count). The summed E-state index contributed by atoms with van der Waals surface area (Å²) < 4.78 is 54.2. The van der Waals surface area contributed by atoms with Crippen LogP contribution in [0.1, 0.15) is 10.5 Å². The summed E-state index contributed by atoms with van der Waals surface area (Å²) in [5.41, 5.74) is -2.27. The molecule has 0 aliphatic heterocycles. The lowest BCUT2D eigenvalue weighted by molar-refractivity contribution is 0.0687. The van der Waals surface area contributed by atoms with Gasteiger partial charge in [-0.3, -0.25) is 9.36 Å². The molecule has 4 nitrogen and oxygen atoms in total. The number of benzene rings is 2. The maximum absolute atomic E-state index is 14.0. The number of carboxylic acid groups (broad SMARTS) is 1. The van der Waals surface area contributed by atoms with Gasteiger partial charge >= 0.3 is 5.97 Å². The zero-order valence-corrected chi connectivity index (χ0v) is 11.7. The maximum atomic E-state index is 14.0. The van der Waals surface area contributed by atoms with E-state index >= 15 is 0 Å². The third-order valence-electron chi connectivity index (χ3n) is 3.43. The molecular weight excluding hydrogens is 330 g/mol. The molecule has 0 unspecified atom stereocenters. The normalized spacial score (nSPS) is 11.0. The van der Waals surface area contributed by atoms with E-state index in [9.17, 15) is 32.3 Å². The zero-order chi connectivity index (χ0) is 17.6. The molecule has 0 saturated carbocycles. The molecule has 0 atom stereocenters. The van der Waals surface area contributed by atoms with Crippen LogP contribution in [0.4, 0.5) is 17.6 Å². The van der Waals surface area contributed by atoms with Crippen molar-refractivity contribution in [3.05, 3.63) is 75.7 Å². The van der Waals surface area contributed by atoms with Crippen LogP contribution >= 0.6 is 0 Å². The van der Waals surface area contributed by atoms with Crippen molar-refractivity contribution in [2.24, 2.45) is 0 Å². The van der Waals surface area contributed by atoms with Crippen molar-refractivity contribution in [2.45, 2.75) is 0 Å². The molecule has 0 saturated heterocycles. The Balaban J connectivity index is 2.48. The first-order chi connectivity index (χ1) is 11.3. The van der Waals surface area contributed by atoms with Gasteiger partial charge in [-0.05, 0) is 35.7 Å². The van der Waals surface area contributed by atoms with Gasteiger partial charge in [0.15, 0.2) is 11.6 Å². The van der Waals surface area contributed by atoms with Crippen molar-refractivity contribution < 1.29 is 27.5 Å². The van der Waals surface area contributed by atoms with Gasteiger partial charge < -0.3 is 5.11 Å².